The van der Waals surface area contributed by atoms with Gasteiger partial charge >= 0.3 is 0 Å². The molecule has 8 aromatic carbocycles. The summed E-state index contributed by atoms with van der Waals surface area (Å²) in [6.07, 6.45) is 11.3. The van der Waals surface area contributed by atoms with Gasteiger partial charge in [0.05, 0.1) is 51.3 Å². The Bertz CT molecular complexity index is 4150. The van der Waals surface area contributed by atoms with Crippen LogP contribution in [0.15, 0.2) is 260 Å². The van der Waals surface area contributed by atoms with Crippen LogP contribution in [0.1, 0.15) is 27.8 Å². The quantitative estimate of drug-likeness (QED) is 0.147. The minimum Gasteiger partial charge on any atom is -0.461 e. The van der Waals surface area contributed by atoms with Gasteiger partial charge in [-0.2, -0.15) is 5.10 Å². The topological polar surface area (TPSA) is 118 Å². The number of hydrogen-bond donors (Lipinski definition) is 0. The molecule has 0 saturated carbocycles. The molecule has 0 spiro atoms. The van der Waals surface area contributed by atoms with Gasteiger partial charge in [-0.3, -0.25) is 14.6 Å². The fourth-order valence-electron chi connectivity index (χ4n) is 8.94. The zero-order chi connectivity index (χ0) is 57.9. The maximum absolute atomic E-state index is 5.37. The maximum Gasteiger partial charge on any atom is 0.134 e. The van der Waals surface area contributed by atoms with Crippen molar-refractivity contribution >= 4 is 97.9 Å². The summed E-state index contributed by atoms with van der Waals surface area (Å²) in [5, 5.41) is 12.7. The van der Waals surface area contributed by atoms with E-state index in [1.807, 2.05) is 209 Å². The third kappa shape index (κ3) is 16.0. The fourth-order valence-corrected chi connectivity index (χ4v) is 9.87. The van der Waals surface area contributed by atoms with E-state index in [2.05, 4.69) is 157 Å². The van der Waals surface area contributed by atoms with E-state index >= 15 is 0 Å². The summed E-state index contributed by atoms with van der Waals surface area (Å²) in [5.41, 5.74) is 10.7. The van der Waals surface area contributed by atoms with Crippen molar-refractivity contribution < 1.29 is 4.42 Å². The number of fused-ring (bicyclic) bond motifs is 8. The largest absolute Gasteiger partial charge is 0.461 e. The Morgan fingerprint density at radius 1 is 0.373 bits per heavy atom. The normalized spacial score (nSPS) is 10.4. The second-order valence-electron chi connectivity index (χ2n) is 19.6. The van der Waals surface area contributed by atoms with Crippen LogP contribution in [0.25, 0.3) is 86.6 Å². The highest BCUT2D eigenvalue weighted by Crippen LogP contribution is 2.24. The minimum atomic E-state index is 0.823. The number of aryl methyl sites for hydroxylation is 8. The molecule has 0 amide bonds. The van der Waals surface area contributed by atoms with Crippen molar-refractivity contribution in [3.63, 3.8) is 0 Å². The molecule has 12 heteroatoms. The Morgan fingerprint density at radius 3 is 1.66 bits per heavy atom. The number of nitrogens with zero attached hydrogens (tertiary/aromatic N) is 10. The molecule has 0 N–H and O–H groups in total. The molecule has 8 heterocycles. The number of benzene rings is 8. The van der Waals surface area contributed by atoms with Crippen LogP contribution in [0.4, 0.5) is 0 Å². The first-order chi connectivity index (χ1) is 40.4. The first-order valence-electron chi connectivity index (χ1n) is 27.3. The second-order valence-corrected chi connectivity index (χ2v) is 20.9. The van der Waals surface area contributed by atoms with Crippen LogP contribution in [0, 0.1) is 34.6 Å². The molecule has 11 nitrogen and oxygen atoms in total. The van der Waals surface area contributed by atoms with E-state index in [4.69, 9.17) is 4.42 Å². The van der Waals surface area contributed by atoms with Crippen LogP contribution in [0.2, 0.25) is 0 Å². The molecule has 83 heavy (non-hydrogen) atoms. The van der Waals surface area contributed by atoms with Crippen molar-refractivity contribution in [2.24, 2.45) is 21.1 Å². The number of thiophene rings is 1. The van der Waals surface area contributed by atoms with Gasteiger partial charge in [0, 0.05) is 88.3 Å². The molecule has 0 atom stereocenters. The standard InChI is InChI=1S/C10H9N.2C9H8N2.C9H9N.C9H8O.C9H8S.2C8H8N2/c1-8-6-9-4-2-3-5-10(9)7-11-8;1-7-10-6-8-4-2-3-5-9(8)11-7;1-7-6-10-8-4-2-3-5-9(8)11-7;1-10-7-6-8-4-2-3-5-9(8)10;2*1-7-6-8-4-2-3-5-9(8)10-7;1-10-6-9-7-4-2-3-5-8(7)10;1-10-8-5-3-2-4-7(8)6-9-10/h2-7H,1H3;2*2-6H,1H3;2-7H,1H3;4*2-6H,1H3. The van der Waals surface area contributed by atoms with E-state index in [1.54, 1.807) is 6.20 Å². The van der Waals surface area contributed by atoms with E-state index in [9.17, 15) is 0 Å². The van der Waals surface area contributed by atoms with Crippen molar-refractivity contribution in [3.05, 3.63) is 284 Å². The first-order valence-corrected chi connectivity index (χ1v) is 28.1. The number of hydrogen-bond acceptors (Lipinski definition) is 9. The van der Waals surface area contributed by atoms with E-state index < -0.39 is 0 Å². The van der Waals surface area contributed by atoms with Gasteiger partial charge in [0.15, 0.2) is 0 Å². The molecule has 0 radical (unpaired) electrons. The van der Waals surface area contributed by atoms with Crippen LogP contribution in [-0.2, 0) is 21.1 Å². The Balaban J connectivity index is 0.000000114. The average Bonchev–Trinajstić information content (AvgIpc) is 4.43. The number of rotatable bonds is 0. The van der Waals surface area contributed by atoms with Gasteiger partial charge < -0.3 is 13.6 Å². The van der Waals surface area contributed by atoms with Crippen molar-refractivity contribution in [1.29, 1.82) is 0 Å². The summed E-state index contributed by atoms with van der Waals surface area (Å²) in [6.45, 7) is 9.95. The minimum absolute atomic E-state index is 0.823. The molecule has 0 unspecified atom stereocenters. The highest BCUT2D eigenvalue weighted by atomic mass is 32.1. The SMILES string of the molecule is Cc1cc2ccccc2cn1.Cc1cc2ccccc2o1.Cc1cc2ccccc2s1.Cc1cnc2ccccc2n1.Cc1ncc2ccccc2n1.Cn1ccc2ccccc21.Cn1cnc2ccccc21.Cn1ncc2ccccc21. The van der Waals surface area contributed by atoms with Crippen LogP contribution >= 0.6 is 11.3 Å². The molecular formula is C71H66N10OS. The lowest BCUT2D eigenvalue weighted by Crippen LogP contribution is -1.87. The van der Waals surface area contributed by atoms with Gasteiger partial charge in [-0.05, 0) is 130 Å². The number of imidazole rings is 1. The zero-order valence-electron chi connectivity index (χ0n) is 48.0. The molecule has 412 valence electrons. The van der Waals surface area contributed by atoms with Gasteiger partial charge in [-0.25, -0.2) is 19.9 Å². The van der Waals surface area contributed by atoms with Crippen LogP contribution in [-0.4, -0.2) is 48.8 Å². The third-order valence-electron chi connectivity index (χ3n) is 13.1. The highest BCUT2D eigenvalue weighted by Gasteiger charge is 1.99. The van der Waals surface area contributed by atoms with Gasteiger partial charge in [0.2, 0.25) is 0 Å². The van der Waals surface area contributed by atoms with Crippen molar-refractivity contribution in [3.8, 4) is 0 Å². The Kier molecular flexibility index (Phi) is 19.6. The molecule has 0 aliphatic rings. The first kappa shape index (κ1) is 57.5. The summed E-state index contributed by atoms with van der Waals surface area (Å²) in [7, 11) is 6.00. The molecule has 0 saturated heterocycles. The molecule has 16 rings (SSSR count). The molecule has 0 aliphatic carbocycles. The lowest BCUT2D eigenvalue weighted by atomic mass is 10.1. The summed E-state index contributed by atoms with van der Waals surface area (Å²) < 4.78 is 12.8. The van der Waals surface area contributed by atoms with Gasteiger partial charge in [-0.1, -0.05) is 140 Å². The molecule has 0 fully saturated rings. The summed E-state index contributed by atoms with van der Waals surface area (Å²) >= 11 is 1.85. The van der Waals surface area contributed by atoms with E-state index in [0.29, 0.717) is 0 Å². The van der Waals surface area contributed by atoms with Crippen molar-refractivity contribution in [2.75, 3.05) is 0 Å². The molecule has 8 aromatic heterocycles. The van der Waals surface area contributed by atoms with Crippen LogP contribution < -0.4 is 0 Å². The van der Waals surface area contributed by atoms with Gasteiger partial charge in [0.25, 0.3) is 0 Å². The molecular weight excluding hydrogens is 1040 g/mol. The summed E-state index contributed by atoms with van der Waals surface area (Å²) in [4.78, 5) is 26.7. The lowest BCUT2D eigenvalue weighted by Gasteiger charge is -1.96. The van der Waals surface area contributed by atoms with Crippen molar-refractivity contribution in [1.82, 2.24) is 48.8 Å². The monoisotopic (exact) mass is 1110 g/mol. The van der Waals surface area contributed by atoms with Crippen molar-refractivity contribution in [2.45, 2.75) is 34.6 Å². The van der Waals surface area contributed by atoms with E-state index in [-0.39, 0.29) is 0 Å². The maximum atomic E-state index is 5.37. The number of furan rings is 1. The molecule has 16 aromatic rings. The zero-order valence-corrected chi connectivity index (χ0v) is 48.9. The summed E-state index contributed by atoms with van der Waals surface area (Å²) in [6, 6.07) is 73.6. The third-order valence-corrected chi connectivity index (χ3v) is 14.2. The second kappa shape index (κ2) is 28.3. The predicted octanol–water partition coefficient (Wildman–Crippen LogP) is 17.7. The van der Waals surface area contributed by atoms with Crippen LogP contribution in [0.3, 0.4) is 0 Å². The predicted molar refractivity (Wildman–Crippen MR) is 347 cm³/mol. The number of pyridine rings is 1. The highest BCUT2D eigenvalue weighted by molar-refractivity contribution is 7.19. The van der Waals surface area contributed by atoms with Crippen LogP contribution in [0.5, 0.6) is 0 Å². The van der Waals surface area contributed by atoms with E-state index in [1.165, 1.54) is 58.4 Å². The van der Waals surface area contributed by atoms with Gasteiger partial charge in [0.1, 0.15) is 17.2 Å². The molecule has 0 aliphatic heterocycles. The smallest absolute Gasteiger partial charge is 0.134 e. The van der Waals surface area contributed by atoms with Gasteiger partial charge in [-0.15, -0.1) is 11.3 Å². The Morgan fingerprint density at radius 2 is 0.952 bits per heavy atom. The number of para-hydroxylation sites is 8. The average molecular weight is 1110 g/mol. The summed E-state index contributed by atoms with van der Waals surface area (Å²) in [5.74, 6) is 1.80. The van der Waals surface area contributed by atoms with E-state index in [0.717, 1.165) is 56.0 Å². The number of aromatic nitrogens is 10. The Hall–Kier alpha value is -10.2. The lowest BCUT2D eigenvalue weighted by molar-refractivity contribution is 0.578. The Labute approximate surface area is 487 Å². The molecule has 0 bridgehead atoms. The fraction of sp³-hybridized carbons (Fsp3) is 0.113.